The SMILES string of the molecule is CC[C@H]1CCCCN1CC(=O)N1CCC(O)(c2cccc(C)c2)CC1. The van der Waals surface area contributed by atoms with Crippen LogP contribution in [0.2, 0.25) is 0 Å². The van der Waals surface area contributed by atoms with Gasteiger partial charge < -0.3 is 10.0 Å². The molecule has 4 heteroatoms. The molecule has 3 rings (SSSR count). The number of hydrogen-bond acceptors (Lipinski definition) is 3. The van der Waals surface area contributed by atoms with Crippen molar-refractivity contribution in [3.8, 4) is 0 Å². The van der Waals surface area contributed by atoms with E-state index in [9.17, 15) is 9.90 Å². The van der Waals surface area contributed by atoms with Gasteiger partial charge in [0, 0.05) is 19.1 Å². The van der Waals surface area contributed by atoms with Crippen molar-refractivity contribution in [2.45, 2.75) is 64.0 Å². The highest BCUT2D eigenvalue weighted by atomic mass is 16.3. The third-order valence-corrected chi connectivity index (χ3v) is 6.06. The third-order valence-electron chi connectivity index (χ3n) is 6.06. The molecule has 2 aliphatic heterocycles. The van der Waals surface area contributed by atoms with Gasteiger partial charge in [0.15, 0.2) is 0 Å². The number of carbonyl (C=O) groups excluding carboxylic acids is 1. The molecule has 2 fully saturated rings. The molecule has 0 bridgehead atoms. The highest BCUT2D eigenvalue weighted by Crippen LogP contribution is 2.33. The second-order valence-corrected chi connectivity index (χ2v) is 7.81. The molecule has 0 saturated carbocycles. The number of amides is 1. The zero-order valence-electron chi connectivity index (χ0n) is 15.7. The third kappa shape index (κ3) is 4.24. The Hall–Kier alpha value is -1.39. The van der Waals surface area contributed by atoms with Gasteiger partial charge >= 0.3 is 0 Å². The molecular formula is C21H32N2O2. The Bertz CT molecular complexity index is 593. The maximum atomic E-state index is 12.7. The molecule has 0 aliphatic carbocycles. The van der Waals surface area contributed by atoms with E-state index in [0.717, 1.165) is 18.5 Å². The fraction of sp³-hybridized carbons (Fsp3) is 0.667. The van der Waals surface area contributed by atoms with Crippen molar-refractivity contribution in [2.75, 3.05) is 26.2 Å². The van der Waals surface area contributed by atoms with Gasteiger partial charge in [-0.1, -0.05) is 43.2 Å². The molecule has 1 aromatic rings. The first-order valence-electron chi connectivity index (χ1n) is 9.83. The summed E-state index contributed by atoms with van der Waals surface area (Å²) in [5.41, 5.74) is 1.36. The molecule has 4 nitrogen and oxygen atoms in total. The minimum atomic E-state index is -0.792. The Morgan fingerprint density at radius 2 is 2.00 bits per heavy atom. The maximum Gasteiger partial charge on any atom is 0.236 e. The van der Waals surface area contributed by atoms with Crippen LogP contribution in [-0.4, -0.2) is 53.0 Å². The molecule has 1 aromatic carbocycles. The Kier molecular flexibility index (Phi) is 5.80. The lowest BCUT2D eigenvalue weighted by atomic mass is 9.84. The minimum Gasteiger partial charge on any atom is -0.385 e. The van der Waals surface area contributed by atoms with E-state index in [-0.39, 0.29) is 5.91 Å². The van der Waals surface area contributed by atoms with Crippen LogP contribution >= 0.6 is 0 Å². The topological polar surface area (TPSA) is 43.8 Å². The van der Waals surface area contributed by atoms with E-state index in [0.29, 0.717) is 38.5 Å². The van der Waals surface area contributed by atoms with Gasteiger partial charge in [-0.2, -0.15) is 0 Å². The molecule has 0 spiro atoms. The molecule has 1 amide bonds. The maximum absolute atomic E-state index is 12.7. The van der Waals surface area contributed by atoms with E-state index in [1.54, 1.807) is 0 Å². The second-order valence-electron chi connectivity index (χ2n) is 7.81. The summed E-state index contributed by atoms with van der Waals surface area (Å²) >= 11 is 0. The molecule has 138 valence electrons. The van der Waals surface area contributed by atoms with Crippen LogP contribution in [0.15, 0.2) is 24.3 Å². The van der Waals surface area contributed by atoms with Crippen LogP contribution in [0.25, 0.3) is 0 Å². The van der Waals surface area contributed by atoms with Crippen molar-refractivity contribution in [2.24, 2.45) is 0 Å². The normalized spacial score (nSPS) is 24.3. The molecule has 0 aromatic heterocycles. The molecule has 0 radical (unpaired) electrons. The lowest BCUT2D eigenvalue weighted by Crippen LogP contribution is -2.50. The number of benzene rings is 1. The highest BCUT2D eigenvalue weighted by Gasteiger charge is 2.36. The van der Waals surface area contributed by atoms with Crippen LogP contribution in [0.1, 0.15) is 56.6 Å². The average molecular weight is 344 g/mol. The molecule has 1 atom stereocenters. The predicted molar refractivity (Wildman–Crippen MR) is 100 cm³/mol. The highest BCUT2D eigenvalue weighted by molar-refractivity contribution is 5.78. The number of rotatable bonds is 4. The van der Waals surface area contributed by atoms with Crippen LogP contribution in [0.5, 0.6) is 0 Å². The zero-order valence-corrected chi connectivity index (χ0v) is 15.7. The van der Waals surface area contributed by atoms with E-state index in [2.05, 4.69) is 17.9 Å². The van der Waals surface area contributed by atoms with Gasteiger partial charge in [-0.3, -0.25) is 9.69 Å². The number of hydrogen-bond donors (Lipinski definition) is 1. The van der Waals surface area contributed by atoms with Crippen LogP contribution in [0.3, 0.4) is 0 Å². The first kappa shape index (κ1) is 18.4. The van der Waals surface area contributed by atoms with E-state index in [4.69, 9.17) is 0 Å². The van der Waals surface area contributed by atoms with Crippen molar-refractivity contribution in [3.63, 3.8) is 0 Å². The summed E-state index contributed by atoms with van der Waals surface area (Å²) < 4.78 is 0. The number of likely N-dealkylation sites (tertiary alicyclic amines) is 2. The zero-order chi connectivity index (χ0) is 17.9. The number of piperidine rings is 2. The lowest BCUT2D eigenvalue weighted by molar-refractivity contribution is -0.138. The van der Waals surface area contributed by atoms with Crippen molar-refractivity contribution < 1.29 is 9.90 Å². The summed E-state index contributed by atoms with van der Waals surface area (Å²) in [7, 11) is 0. The number of aliphatic hydroxyl groups is 1. The minimum absolute atomic E-state index is 0.228. The van der Waals surface area contributed by atoms with Crippen molar-refractivity contribution in [3.05, 3.63) is 35.4 Å². The van der Waals surface area contributed by atoms with Gasteiger partial charge in [0.2, 0.25) is 5.91 Å². The predicted octanol–water partition coefficient (Wildman–Crippen LogP) is 3.07. The van der Waals surface area contributed by atoms with Crippen molar-refractivity contribution in [1.82, 2.24) is 9.80 Å². The van der Waals surface area contributed by atoms with Gasteiger partial charge in [-0.15, -0.1) is 0 Å². The first-order chi connectivity index (χ1) is 12.0. The average Bonchev–Trinajstić information content (AvgIpc) is 2.63. The van der Waals surface area contributed by atoms with Crippen LogP contribution in [-0.2, 0) is 10.4 Å². The lowest BCUT2D eigenvalue weighted by Gasteiger charge is -2.40. The Balaban J connectivity index is 1.57. The summed E-state index contributed by atoms with van der Waals surface area (Å²) in [6.45, 7) is 7.15. The number of carbonyl (C=O) groups is 1. The second kappa shape index (κ2) is 7.88. The quantitative estimate of drug-likeness (QED) is 0.913. The van der Waals surface area contributed by atoms with Crippen molar-refractivity contribution in [1.29, 1.82) is 0 Å². The summed E-state index contributed by atoms with van der Waals surface area (Å²) in [5, 5.41) is 11.0. The molecule has 25 heavy (non-hydrogen) atoms. The Morgan fingerprint density at radius 1 is 1.24 bits per heavy atom. The van der Waals surface area contributed by atoms with Gasteiger partial charge in [0.05, 0.1) is 12.1 Å². The van der Waals surface area contributed by atoms with Gasteiger partial charge in [-0.05, 0) is 51.1 Å². The number of nitrogens with zero attached hydrogens (tertiary/aromatic N) is 2. The fourth-order valence-corrected chi connectivity index (χ4v) is 4.35. The monoisotopic (exact) mass is 344 g/mol. The summed E-state index contributed by atoms with van der Waals surface area (Å²) in [5.74, 6) is 0.228. The van der Waals surface area contributed by atoms with Gasteiger partial charge in [-0.25, -0.2) is 0 Å². The summed E-state index contributed by atoms with van der Waals surface area (Å²) in [4.78, 5) is 17.1. The summed E-state index contributed by atoms with van der Waals surface area (Å²) in [6.07, 6.45) is 6.09. The fourth-order valence-electron chi connectivity index (χ4n) is 4.35. The molecule has 2 heterocycles. The largest absolute Gasteiger partial charge is 0.385 e. The Morgan fingerprint density at radius 3 is 2.68 bits per heavy atom. The molecule has 2 saturated heterocycles. The number of aryl methyl sites for hydroxylation is 1. The van der Waals surface area contributed by atoms with E-state index in [1.807, 2.05) is 30.0 Å². The van der Waals surface area contributed by atoms with Gasteiger partial charge in [0.1, 0.15) is 0 Å². The Labute approximate surface area is 151 Å². The first-order valence-corrected chi connectivity index (χ1v) is 9.83. The van der Waals surface area contributed by atoms with Crippen LogP contribution in [0.4, 0.5) is 0 Å². The van der Waals surface area contributed by atoms with E-state index < -0.39 is 5.60 Å². The molecule has 0 unspecified atom stereocenters. The van der Waals surface area contributed by atoms with Crippen LogP contribution < -0.4 is 0 Å². The van der Waals surface area contributed by atoms with Crippen LogP contribution in [0, 0.1) is 6.92 Å². The molecule has 2 aliphatic rings. The van der Waals surface area contributed by atoms with E-state index >= 15 is 0 Å². The smallest absolute Gasteiger partial charge is 0.236 e. The van der Waals surface area contributed by atoms with Gasteiger partial charge in [0.25, 0.3) is 0 Å². The summed E-state index contributed by atoms with van der Waals surface area (Å²) in [6, 6.07) is 8.68. The standard InChI is InChI=1S/C21H32N2O2/c1-3-19-9-4-5-12-23(19)16-20(24)22-13-10-21(25,11-14-22)18-8-6-7-17(2)15-18/h6-8,15,19,25H,3-5,9-14,16H2,1-2H3/t19-/m0/s1. The van der Waals surface area contributed by atoms with Crippen molar-refractivity contribution >= 4 is 5.91 Å². The van der Waals surface area contributed by atoms with E-state index in [1.165, 1.54) is 24.8 Å². The molecule has 1 N–H and O–H groups in total. The molecular weight excluding hydrogens is 312 g/mol.